The third-order valence-electron chi connectivity index (χ3n) is 1.71. The van der Waals surface area contributed by atoms with E-state index in [0.29, 0.717) is 10.0 Å². The fourth-order valence-electron chi connectivity index (χ4n) is 1.02. The van der Waals surface area contributed by atoms with Crippen molar-refractivity contribution in [3.05, 3.63) is 28.5 Å². The van der Waals surface area contributed by atoms with Gasteiger partial charge in [-0.2, -0.15) is 0 Å². The molecule has 5 heteroatoms. The summed E-state index contributed by atoms with van der Waals surface area (Å²) >= 11 is 3.16. The zero-order valence-corrected chi connectivity index (χ0v) is 8.34. The van der Waals surface area contributed by atoms with Crippen molar-refractivity contribution < 1.29 is 8.78 Å². The highest BCUT2D eigenvalue weighted by Crippen LogP contribution is 2.23. The van der Waals surface area contributed by atoms with Crippen LogP contribution in [0.3, 0.4) is 0 Å². The number of halogens is 3. The molecule has 13 heavy (non-hydrogen) atoms. The Kier molecular flexibility index (Phi) is 3.74. The predicted molar refractivity (Wildman–Crippen MR) is 49.7 cm³/mol. The van der Waals surface area contributed by atoms with Gasteiger partial charge in [-0.15, -0.1) is 0 Å². The molecule has 0 aliphatic rings. The fraction of sp³-hybridized carbons (Fsp3) is 0.375. The van der Waals surface area contributed by atoms with E-state index in [9.17, 15) is 8.78 Å². The largest absolute Gasteiger partial charge is 0.330 e. The quantitative estimate of drug-likeness (QED) is 0.893. The van der Waals surface area contributed by atoms with Gasteiger partial charge in [-0.1, -0.05) is 0 Å². The van der Waals surface area contributed by atoms with E-state index in [1.165, 1.54) is 6.20 Å². The van der Waals surface area contributed by atoms with Crippen LogP contribution in [0, 0.1) is 0 Å². The number of nitrogens with zero attached hydrogens (tertiary/aromatic N) is 1. The summed E-state index contributed by atoms with van der Waals surface area (Å²) in [6, 6.07) is 1.61. The van der Waals surface area contributed by atoms with Gasteiger partial charge in [0.1, 0.15) is 0 Å². The maximum absolute atomic E-state index is 12.4. The Hall–Kier alpha value is -0.550. The Labute approximate surface area is 83.3 Å². The van der Waals surface area contributed by atoms with E-state index < -0.39 is 12.3 Å². The lowest BCUT2D eigenvalue weighted by Crippen LogP contribution is -2.19. The molecule has 0 saturated heterocycles. The number of nitrogens with two attached hydrogens (primary N) is 1. The minimum Gasteiger partial charge on any atom is -0.330 e. The molecule has 1 heterocycles. The standard InChI is InChI=1S/C8H9BrF2N2/c9-6-1-5(3-13-4-6)7(2-12)8(10)11/h1,3-4,7-8H,2,12H2. The number of hydrogen-bond acceptors (Lipinski definition) is 2. The normalized spacial score (nSPS) is 13.3. The summed E-state index contributed by atoms with van der Waals surface area (Å²) in [4.78, 5) is 3.80. The molecule has 0 aliphatic heterocycles. The highest BCUT2D eigenvalue weighted by atomic mass is 79.9. The second-order valence-corrected chi connectivity index (χ2v) is 3.53. The maximum atomic E-state index is 12.4. The van der Waals surface area contributed by atoms with E-state index in [2.05, 4.69) is 20.9 Å². The first-order chi connectivity index (χ1) is 6.15. The van der Waals surface area contributed by atoms with Crippen LogP contribution in [0.2, 0.25) is 0 Å². The number of hydrogen-bond donors (Lipinski definition) is 1. The molecule has 0 fully saturated rings. The lowest BCUT2D eigenvalue weighted by atomic mass is 10.0. The third kappa shape index (κ3) is 2.70. The van der Waals surface area contributed by atoms with Crippen molar-refractivity contribution in [1.82, 2.24) is 4.98 Å². The van der Waals surface area contributed by atoms with Crippen molar-refractivity contribution in [3.63, 3.8) is 0 Å². The fourth-order valence-corrected chi connectivity index (χ4v) is 1.40. The topological polar surface area (TPSA) is 38.9 Å². The van der Waals surface area contributed by atoms with Crippen LogP contribution in [-0.2, 0) is 0 Å². The minimum atomic E-state index is -2.44. The van der Waals surface area contributed by atoms with Gasteiger partial charge in [0.2, 0.25) is 6.43 Å². The van der Waals surface area contributed by atoms with Crippen LogP contribution in [0.1, 0.15) is 11.5 Å². The van der Waals surface area contributed by atoms with Crippen molar-refractivity contribution in [2.24, 2.45) is 5.73 Å². The summed E-state index contributed by atoms with van der Waals surface area (Å²) in [5, 5.41) is 0. The summed E-state index contributed by atoms with van der Waals surface area (Å²) in [5.41, 5.74) is 5.70. The number of alkyl halides is 2. The molecule has 2 nitrogen and oxygen atoms in total. The molecule has 1 atom stereocenters. The van der Waals surface area contributed by atoms with Crippen LogP contribution < -0.4 is 5.73 Å². The molecule has 0 bridgehead atoms. The van der Waals surface area contributed by atoms with E-state index in [1.807, 2.05) is 0 Å². The predicted octanol–water partition coefficient (Wildman–Crippen LogP) is 2.15. The molecule has 1 rings (SSSR count). The van der Waals surface area contributed by atoms with E-state index >= 15 is 0 Å². The third-order valence-corrected chi connectivity index (χ3v) is 2.15. The van der Waals surface area contributed by atoms with Crippen molar-refractivity contribution in [1.29, 1.82) is 0 Å². The van der Waals surface area contributed by atoms with Crippen LogP contribution in [0.5, 0.6) is 0 Å². The van der Waals surface area contributed by atoms with Gasteiger partial charge in [0.15, 0.2) is 0 Å². The summed E-state index contributed by atoms with van der Waals surface area (Å²) in [7, 11) is 0. The first kappa shape index (κ1) is 10.5. The molecule has 0 amide bonds. The van der Waals surface area contributed by atoms with Gasteiger partial charge in [-0.25, -0.2) is 8.78 Å². The highest BCUT2D eigenvalue weighted by Gasteiger charge is 2.20. The molecular weight excluding hydrogens is 242 g/mol. The van der Waals surface area contributed by atoms with Gasteiger partial charge in [-0.05, 0) is 27.6 Å². The van der Waals surface area contributed by atoms with Crippen molar-refractivity contribution in [2.45, 2.75) is 12.3 Å². The molecule has 1 aromatic rings. The molecule has 0 spiro atoms. The van der Waals surface area contributed by atoms with Gasteiger partial charge < -0.3 is 5.73 Å². The number of aromatic nitrogens is 1. The Balaban J connectivity index is 2.91. The van der Waals surface area contributed by atoms with Crippen molar-refractivity contribution >= 4 is 15.9 Å². The summed E-state index contributed by atoms with van der Waals surface area (Å²) in [6.07, 6.45) is 0.512. The molecule has 2 N–H and O–H groups in total. The van der Waals surface area contributed by atoms with Crippen LogP contribution in [-0.4, -0.2) is 18.0 Å². The van der Waals surface area contributed by atoms with Crippen molar-refractivity contribution in [3.8, 4) is 0 Å². The molecule has 72 valence electrons. The maximum Gasteiger partial charge on any atom is 0.246 e. The summed E-state index contributed by atoms with van der Waals surface area (Å²) in [6.45, 7) is -0.0736. The van der Waals surface area contributed by atoms with Gasteiger partial charge in [0.25, 0.3) is 0 Å². The zero-order chi connectivity index (χ0) is 9.84. The van der Waals surface area contributed by atoms with Crippen LogP contribution in [0.4, 0.5) is 8.78 Å². The lowest BCUT2D eigenvalue weighted by Gasteiger charge is -2.13. The van der Waals surface area contributed by atoms with Crippen LogP contribution in [0.25, 0.3) is 0 Å². The summed E-state index contributed by atoms with van der Waals surface area (Å²) in [5.74, 6) is -0.926. The van der Waals surface area contributed by atoms with E-state index in [-0.39, 0.29) is 6.54 Å². The summed E-state index contributed by atoms with van der Waals surface area (Å²) < 4.78 is 25.5. The molecule has 1 unspecified atom stereocenters. The molecule has 0 saturated carbocycles. The number of rotatable bonds is 3. The van der Waals surface area contributed by atoms with Gasteiger partial charge >= 0.3 is 0 Å². The Morgan fingerprint density at radius 1 is 1.46 bits per heavy atom. The Morgan fingerprint density at radius 3 is 2.62 bits per heavy atom. The Morgan fingerprint density at radius 2 is 2.15 bits per heavy atom. The van der Waals surface area contributed by atoms with Gasteiger partial charge in [0, 0.05) is 23.4 Å². The minimum absolute atomic E-state index is 0.0736. The second kappa shape index (κ2) is 4.62. The average Bonchev–Trinajstić information content (AvgIpc) is 2.04. The lowest BCUT2D eigenvalue weighted by molar-refractivity contribution is 0.117. The molecule has 1 aromatic heterocycles. The first-order valence-electron chi connectivity index (χ1n) is 3.74. The van der Waals surface area contributed by atoms with Gasteiger partial charge in [0.05, 0.1) is 5.92 Å². The molecule has 0 radical (unpaired) electrons. The smallest absolute Gasteiger partial charge is 0.246 e. The van der Waals surface area contributed by atoms with E-state index in [1.54, 1.807) is 12.3 Å². The molecule has 0 aliphatic carbocycles. The van der Waals surface area contributed by atoms with Crippen molar-refractivity contribution in [2.75, 3.05) is 6.54 Å². The van der Waals surface area contributed by atoms with E-state index in [0.717, 1.165) is 0 Å². The Bertz CT molecular complexity index is 281. The van der Waals surface area contributed by atoms with Gasteiger partial charge in [-0.3, -0.25) is 4.98 Å². The SMILES string of the molecule is NCC(c1cncc(Br)c1)C(F)F. The number of pyridine rings is 1. The van der Waals surface area contributed by atoms with Crippen LogP contribution in [0.15, 0.2) is 22.9 Å². The second-order valence-electron chi connectivity index (χ2n) is 2.61. The van der Waals surface area contributed by atoms with Crippen LogP contribution >= 0.6 is 15.9 Å². The highest BCUT2D eigenvalue weighted by molar-refractivity contribution is 9.10. The molecular formula is C8H9BrF2N2. The molecule has 0 aromatic carbocycles. The van der Waals surface area contributed by atoms with E-state index in [4.69, 9.17) is 5.73 Å². The zero-order valence-electron chi connectivity index (χ0n) is 6.75. The monoisotopic (exact) mass is 250 g/mol. The average molecular weight is 251 g/mol. The first-order valence-corrected chi connectivity index (χ1v) is 4.53.